The Hall–Kier alpha value is -1.06. The van der Waals surface area contributed by atoms with E-state index in [1.165, 1.54) is 0 Å². The summed E-state index contributed by atoms with van der Waals surface area (Å²) in [5.74, 6) is 0.743. The predicted octanol–water partition coefficient (Wildman–Crippen LogP) is 1.29. The maximum Gasteiger partial charge on any atom is 0.120 e. The van der Waals surface area contributed by atoms with Crippen LogP contribution in [0.2, 0.25) is 0 Å². The summed E-state index contributed by atoms with van der Waals surface area (Å²) in [5, 5.41) is 8.94. The van der Waals surface area contributed by atoms with Crippen LogP contribution in [-0.4, -0.2) is 17.3 Å². The fourth-order valence-electron chi connectivity index (χ4n) is 1.07. The summed E-state index contributed by atoms with van der Waals surface area (Å²) in [6.45, 7) is 4.34. The average molecular weight is 195 g/mol. The third kappa shape index (κ3) is 3.01. The van der Waals surface area contributed by atoms with Crippen LogP contribution >= 0.6 is 0 Å². The number of ether oxygens (including phenoxy) is 1. The van der Waals surface area contributed by atoms with Crippen molar-refractivity contribution in [1.82, 2.24) is 0 Å². The quantitative estimate of drug-likeness (QED) is 0.761. The first-order valence-electron chi connectivity index (χ1n) is 4.66. The predicted molar refractivity (Wildman–Crippen MR) is 56.1 cm³/mol. The smallest absolute Gasteiger partial charge is 0.120 e. The highest BCUT2D eigenvalue weighted by atomic mass is 16.5. The molecule has 0 aliphatic rings. The normalized spacial score (nSPS) is 11.4. The van der Waals surface area contributed by atoms with Crippen molar-refractivity contribution in [3.63, 3.8) is 0 Å². The van der Waals surface area contributed by atoms with Gasteiger partial charge in [-0.25, -0.2) is 0 Å². The molecule has 0 spiro atoms. The zero-order valence-corrected chi connectivity index (χ0v) is 8.66. The number of benzene rings is 1. The van der Waals surface area contributed by atoms with Gasteiger partial charge in [-0.05, 0) is 31.5 Å². The number of rotatable bonds is 4. The molecule has 0 amide bonds. The molecule has 78 valence electrons. The number of nitrogens with two attached hydrogens (primary N) is 1. The lowest BCUT2D eigenvalue weighted by Gasteiger charge is -2.24. The second kappa shape index (κ2) is 4.44. The Labute approximate surface area is 84.5 Å². The van der Waals surface area contributed by atoms with Gasteiger partial charge in [0.1, 0.15) is 11.4 Å². The Morgan fingerprint density at radius 2 is 2.14 bits per heavy atom. The van der Waals surface area contributed by atoms with Gasteiger partial charge in [-0.15, -0.1) is 0 Å². The first kappa shape index (κ1) is 11.0. The van der Waals surface area contributed by atoms with Crippen molar-refractivity contribution < 1.29 is 9.84 Å². The second-order valence-electron chi connectivity index (χ2n) is 3.87. The lowest BCUT2D eigenvalue weighted by atomic mass is 10.1. The Bertz CT molecular complexity index is 297. The summed E-state index contributed by atoms with van der Waals surface area (Å²) in [6.07, 6.45) is 0. The highest BCUT2D eigenvalue weighted by Crippen LogP contribution is 2.18. The van der Waals surface area contributed by atoms with Crippen molar-refractivity contribution in [3.05, 3.63) is 29.8 Å². The number of hydrogen-bond acceptors (Lipinski definition) is 3. The topological polar surface area (TPSA) is 55.5 Å². The van der Waals surface area contributed by atoms with E-state index in [1.807, 2.05) is 38.1 Å². The third-order valence-electron chi connectivity index (χ3n) is 1.97. The molecule has 1 aromatic carbocycles. The molecule has 0 radical (unpaired) electrons. The molecular weight excluding hydrogens is 178 g/mol. The molecule has 1 aromatic rings. The standard InChI is InChI=1S/C11H17NO2/c1-11(2,8-12)14-10-5-3-4-9(6-10)7-13/h3-6,13H,7-8,12H2,1-2H3. The monoisotopic (exact) mass is 195 g/mol. The van der Waals surface area contributed by atoms with Crippen molar-refractivity contribution >= 4 is 0 Å². The molecule has 0 saturated heterocycles. The van der Waals surface area contributed by atoms with Gasteiger partial charge in [0.25, 0.3) is 0 Å². The summed E-state index contributed by atoms with van der Waals surface area (Å²) >= 11 is 0. The van der Waals surface area contributed by atoms with E-state index in [4.69, 9.17) is 15.6 Å². The molecule has 14 heavy (non-hydrogen) atoms. The number of hydrogen-bond donors (Lipinski definition) is 2. The fraction of sp³-hybridized carbons (Fsp3) is 0.455. The number of aliphatic hydroxyl groups is 1. The van der Waals surface area contributed by atoms with Crippen molar-refractivity contribution in [2.75, 3.05) is 6.54 Å². The van der Waals surface area contributed by atoms with Crippen LogP contribution in [0.25, 0.3) is 0 Å². The molecule has 3 nitrogen and oxygen atoms in total. The van der Waals surface area contributed by atoms with Gasteiger partial charge in [0.05, 0.1) is 6.61 Å². The van der Waals surface area contributed by atoms with Gasteiger partial charge in [0, 0.05) is 6.54 Å². The van der Waals surface area contributed by atoms with Crippen molar-refractivity contribution in [3.8, 4) is 5.75 Å². The van der Waals surface area contributed by atoms with Gasteiger partial charge >= 0.3 is 0 Å². The zero-order valence-electron chi connectivity index (χ0n) is 8.66. The van der Waals surface area contributed by atoms with Crippen LogP contribution < -0.4 is 10.5 Å². The minimum atomic E-state index is -0.367. The molecule has 0 fully saturated rings. The fourth-order valence-corrected chi connectivity index (χ4v) is 1.07. The van der Waals surface area contributed by atoms with E-state index in [2.05, 4.69) is 0 Å². The van der Waals surface area contributed by atoms with Gasteiger partial charge in [-0.2, -0.15) is 0 Å². The molecule has 0 unspecified atom stereocenters. The van der Waals surface area contributed by atoms with Gasteiger partial charge in [0.2, 0.25) is 0 Å². The van der Waals surface area contributed by atoms with E-state index in [-0.39, 0.29) is 12.2 Å². The molecule has 3 N–H and O–H groups in total. The highest BCUT2D eigenvalue weighted by molar-refractivity contribution is 5.28. The summed E-state index contributed by atoms with van der Waals surface area (Å²) in [7, 11) is 0. The van der Waals surface area contributed by atoms with Crippen molar-refractivity contribution in [1.29, 1.82) is 0 Å². The van der Waals surface area contributed by atoms with E-state index in [0.717, 1.165) is 11.3 Å². The third-order valence-corrected chi connectivity index (χ3v) is 1.97. The molecule has 0 bridgehead atoms. The molecule has 0 atom stereocenters. The summed E-state index contributed by atoms with van der Waals surface area (Å²) in [6, 6.07) is 7.38. The first-order chi connectivity index (χ1) is 6.57. The Kier molecular flexibility index (Phi) is 3.49. The summed E-state index contributed by atoms with van der Waals surface area (Å²) in [5.41, 5.74) is 6.03. The van der Waals surface area contributed by atoms with Gasteiger partial charge < -0.3 is 15.6 Å². The largest absolute Gasteiger partial charge is 0.487 e. The second-order valence-corrected chi connectivity index (χ2v) is 3.87. The molecule has 0 heterocycles. The van der Waals surface area contributed by atoms with Gasteiger partial charge in [0.15, 0.2) is 0 Å². The highest BCUT2D eigenvalue weighted by Gasteiger charge is 2.16. The van der Waals surface area contributed by atoms with Gasteiger partial charge in [-0.3, -0.25) is 0 Å². The van der Waals surface area contributed by atoms with E-state index in [9.17, 15) is 0 Å². The molecular formula is C11H17NO2. The minimum Gasteiger partial charge on any atom is -0.487 e. The van der Waals surface area contributed by atoms with Crippen LogP contribution in [0, 0.1) is 0 Å². The van der Waals surface area contributed by atoms with E-state index >= 15 is 0 Å². The average Bonchev–Trinajstić information content (AvgIpc) is 2.17. The molecule has 0 aromatic heterocycles. The lowest BCUT2D eigenvalue weighted by molar-refractivity contribution is 0.118. The molecule has 0 saturated carbocycles. The first-order valence-corrected chi connectivity index (χ1v) is 4.66. The Morgan fingerprint density at radius 1 is 1.43 bits per heavy atom. The van der Waals surface area contributed by atoms with Crippen LogP contribution in [0.4, 0.5) is 0 Å². The Balaban J connectivity index is 2.76. The van der Waals surface area contributed by atoms with Crippen LogP contribution in [0.3, 0.4) is 0 Å². The van der Waals surface area contributed by atoms with Crippen molar-refractivity contribution in [2.24, 2.45) is 5.73 Å². The maximum absolute atomic E-state index is 8.94. The van der Waals surface area contributed by atoms with E-state index in [0.29, 0.717) is 6.54 Å². The number of aliphatic hydroxyl groups excluding tert-OH is 1. The maximum atomic E-state index is 8.94. The molecule has 1 rings (SSSR count). The minimum absolute atomic E-state index is 0.0280. The van der Waals surface area contributed by atoms with Crippen LogP contribution in [0.1, 0.15) is 19.4 Å². The van der Waals surface area contributed by atoms with E-state index < -0.39 is 0 Å². The van der Waals surface area contributed by atoms with E-state index in [1.54, 1.807) is 0 Å². The lowest BCUT2D eigenvalue weighted by Crippen LogP contribution is -2.37. The SMILES string of the molecule is CC(C)(CN)Oc1cccc(CO)c1. The zero-order chi connectivity index (χ0) is 10.6. The molecule has 0 aliphatic heterocycles. The van der Waals surface area contributed by atoms with Crippen LogP contribution in [0.15, 0.2) is 24.3 Å². The van der Waals surface area contributed by atoms with Crippen LogP contribution in [0.5, 0.6) is 5.75 Å². The summed E-state index contributed by atoms with van der Waals surface area (Å²) in [4.78, 5) is 0. The van der Waals surface area contributed by atoms with Crippen LogP contribution in [-0.2, 0) is 6.61 Å². The summed E-state index contributed by atoms with van der Waals surface area (Å²) < 4.78 is 5.66. The van der Waals surface area contributed by atoms with Crippen molar-refractivity contribution in [2.45, 2.75) is 26.1 Å². The van der Waals surface area contributed by atoms with Gasteiger partial charge in [-0.1, -0.05) is 12.1 Å². The molecule has 0 aliphatic carbocycles. The Morgan fingerprint density at radius 3 is 2.71 bits per heavy atom. The molecule has 3 heteroatoms.